The molecule has 0 aromatic heterocycles. The van der Waals surface area contributed by atoms with Gasteiger partial charge in [-0.1, -0.05) is 0 Å². The van der Waals surface area contributed by atoms with Gasteiger partial charge in [-0.3, -0.25) is 9.59 Å². The maximum Gasteiger partial charge on any atom is 0.328 e. The monoisotopic (exact) mass is 265 g/mol. The lowest BCUT2D eigenvalue weighted by Gasteiger charge is -2.22. The fourth-order valence-electron chi connectivity index (χ4n) is 3.52. The summed E-state index contributed by atoms with van der Waals surface area (Å²) in [6.45, 7) is 5.61. The highest BCUT2D eigenvalue weighted by atomic mass is 16.2. The Morgan fingerprint density at radius 1 is 1.26 bits per heavy atom. The third-order valence-electron chi connectivity index (χ3n) is 4.72. The first-order valence-corrected chi connectivity index (χ1v) is 6.94. The van der Waals surface area contributed by atoms with Crippen molar-refractivity contribution < 1.29 is 14.4 Å². The fraction of sp³-hybridized carbons (Fsp3) is 0.769. The number of hydrogen-bond donors (Lipinski definition) is 0. The SMILES string of the molecule is CCN1CCC(N2C(=O)N3CCCC3(C)C2=O)C1=O. The van der Waals surface area contributed by atoms with E-state index in [1.165, 1.54) is 4.90 Å². The zero-order valence-corrected chi connectivity index (χ0v) is 11.4. The maximum absolute atomic E-state index is 12.5. The van der Waals surface area contributed by atoms with Gasteiger partial charge < -0.3 is 9.80 Å². The molecule has 0 bridgehead atoms. The molecule has 6 nitrogen and oxygen atoms in total. The van der Waals surface area contributed by atoms with Crippen LogP contribution in [0.1, 0.15) is 33.1 Å². The average Bonchev–Trinajstić information content (AvgIpc) is 2.98. The van der Waals surface area contributed by atoms with Crippen LogP contribution in [0.4, 0.5) is 4.79 Å². The highest BCUT2D eigenvalue weighted by molar-refractivity contribution is 6.10. The van der Waals surface area contributed by atoms with Crippen molar-refractivity contribution in [2.75, 3.05) is 19.6 Å². The van der Waals surface area contributed by atoms with Crippen molar-refractivity contribution in [2.24, 2.45) is 0 Å². The Hall–Kier alpha value is -1.59. The van der Waals surface area contributed by atoms with Gasteiger partial charge in [0.05, 0.1) is 0 Å². The van der Waals surface area contributed by atoms with Crippen LogP contribution in [-0.4, -0.2) is 63.8 Å². The van der Waals surface area contributed by atoms with Crippen molar-refractivity contribution in [2.45, 2.75) is 44.7 Å². The second-order valence-corrected chi connectivity index (χ2v) is 5.71. The van der Waals surface area contributed by atoms with E-state index in [1.54, 1.807) is 9.80 Å². The Morgan fingerprint density at radius 2 is 2.00 bits per heavy atom. The van der Waals surface area contributed by atoms with Crippen LogP contribution in [0.3, 0.4) is 0 Å². The van der Waals surface area contributed by atoms with E-state index in [0.29, 0.717) is 32.5 Å². The van der Waals surface area contributed by atoms with Gasteiger partial charge in [-0.2, -0.15) is 0 Å². The number of likely N-dealkylation sites (N-methyl/N-ethyl adjacent to an activating group) is 1. The van der Waals surface area contributed by atoms with Crippen LogP contribution in [-0.2, 0) is 9.59 Å². The smallest absolute Gasteiger partial charge is 0.328 e. The molecule has 0 aromatic rings. The van der Waals surface area contributed by atoms with Crippen molar-refractivity contribution in [3.8, 4) is 0 Å². The van der Waals surface area contributed by atoms with Gasteiger partial charge in [0.25, 0.3) is 5.91 Å². The molecule has 3 aliphatic rings. The standard InChI is InChI=1S/C13H19N3O3/c1-3-14-8-5-9(10(14)17)16-11(18)13(2)6-4-7-15(13)12(16)19/h9H,3-8H2,1-2H3. The summed E-state index contributed by atoms with van der Waals surface area (Å²) < 4.78 is 0. The summed E-state index contributed by atoms with van der Waals surface area (Å²) >= 11 is 0. The van der Waals surface area contributed by atoms with Crippen LogP contribution >= 0.6 is 0 Å². The van der Waals surface area contributed by atoms with Gasteiger partial charge in [0.15, 0.2) is 0 Å². The zero-order valence-electron chi connectivity index (χ0n) is 11.4. The second kappa shape index (κ2) is 3.95. The largest absolute Gasteiger partial charge is 0.341 e. The maximum atomic E-state index is 12.5. The van der Waals surface area contributed by atoms with Crippen LogP contribution in [0.15, 0.2) is 0 Å². The van der Waals surface area contributed by atoms with Crippen LogP contribution in [0, 0.1) is 0 Å². The lowest BCUT2D eigenvalue weighted by Crippen LogP contribution is -2.47. The molecule has 3 aliphatic heterocycles. The lowest BCUT2D eigenvalue weighted by molar-refractivity contribution is -0.140. The number of carbonyl (C=O) groups excluding carboxylic acids is 3. The highest BCUT2D eigenvalue weighted by Gasteiger charge is 2.59. The number of fused-ring (bicyclic) bond motifs is 1. The summed E-state index contributed by atoms with van der Waals surface area (Å²) in [6, 6.07) is -0.858. The number of likely N-dealkylation sites (tertiary alicyclic amines) is 1. The van der Waals surface area contributed by atoms with Crippen molar-refractivity contribution in [1.82, 2.24) is 14.7 Å². The molecule has 0 spiro atoms. The lowest BCUT2D eigenvalue weighted by atomic mass is 9.99. The summed E-state index contributed by atoms with van der Waals surface area (Å²) in [6.07, 6.45) is 2.13. The van der Waals surface area contributed by atoms with Crippen LogP contribution in [0.5, 0.6) is 0 Å². The summed E-state index contributed by atoms with van der Waals surface area (Å²) in [5.41, 5.74) is -0.711. The van der Waals surface area contributed by atoms with Crippen LogP contribution < -0.4 is 0 Å². The number of nitrogens with zero attached hydrogens (tertiary/aromatic N) is 3. The van der Waals surface area contributed by atoms with Crippen LogP contribution in [0.25, 0.3) is 0 Å². The van der Waals surface area contributed by atoms with E-state index >= 15 is 0 Å². The van der Waals surface area contributed by atoms with E-state index in [9.17, 15) is 14.4 Å². The first-order valence-electron chi connectivity index (χ1n) is 6.94. The van der Waals surface area contributed by atoms with Gasteiger partial charge in [-0.05, 0) is 33.1 Å². The molecule has 4 amide bonds. The summed E-state index contributed by atoms with van der Waals surface area (Å²) in [5.74, 6) is -0.278. The normalized spacial score (nSPS) is 34.7. The summed E-state index contributed by atoms with van der Waals surface area (Å²) in [5, 5.41) is 0. The molecule has 0 radical (unpaired) electrons. The molecule has 0 N–H and O–H groups in total. The average molecular weight is 265 g/mol. The minimum absolute atomic E-state index is 0.0889. The quantitative estimate of drug-likeness (QED) is 0.680. The van der Waals surface area contributed by atoms with Gasteiger partial charge in [0.2, 0.25) is 5.91 Å². The first kappa shape index (κ1) is 12.4. The predicted octanol–water partition coefficient (Wildman–Crippen LogP) is 0.424. The third kappa shape index (κ3) is 1.45. The van der Waals surface area contributed by atoms with Crippen molar-refractivity contribution >= 4 is 17.8 Å². The predicted molar refractivity (Wildman–Crippen MR) is 67.2 cm³/mol. The summed E-state index contributed by atoms with van der Waals surface area (Å²) in [7, 11) is 0. The molecule has 6 heteroatoms. The van der Waals surface area contributed by atoms with E-state index in [2.05, 4.69) is 0 Å². The van der Waals surface area contributed by atoms with Gasteiger partial charge in [0.1, 0.15) is 11.6 Å². The number of imide groups is 1. The van der Waals surface area contributed by atoms with Crippen LogP contribution in [0.2, 0.25) is 0 Å². The Balaban J connectivity index is 1.89. The molecule has 0 saturated carbocycles. The molecule has 19 heavy (non-hydrogen) atoms. The van der Waals surface area contributed by atoms with E-state index in [4.69, 9.17) is 0 Å². The van der Waals surface area contributed by atoms with Gasteiger partial charge in [0, 0.05) is 19.6 Å². The molecule has 2 unspecified atom stereocenters. The van der Waals surface area contributed by atoms with E-state index in [1.807, 2.05) is 13.8 Å². The molecule has 104 valence electrons. The Bertz CT molecular complexity index is 464. The number of amides is 4. The topological polar surface area (TPSA) is 60.9 Å². The number of hydrogen-bond acceptors (Lipinski definition) is 3. The molecule has 0 aromatic carbocycles. The minimum Gasteiger partial charge on any atom is -0.341 e. The Labute approximate surface area is 112 Å². The minimum atomic E-state index is -0.711. The van der Waals surface area contributed by atoms with E-state index < -0.39 is 11.6 Å². The molecule has 3 fully saturated rings. The zero-order chi connectivity index (χ0) is 13.8. The van der Waals surface area contributed by atoms with Crippen molar-refractivity contribution in [3.05, 3.63) is 0 Å². The molecular formula is C13H19N3O3. The summed E-state index contributed by atoms with van der Waals surface area (Å²) in [4.78, 5) is 41.7. The van der Waals surface area contributed by atoms with E-state index in [-0.39, 0.29) is 17.8 Å². The molecule has 3 heterocycles. The number of carbonyl (C=O) groups is 3. The second-order valence-electron chi connectivity index (χ2n) is 5.71. The van der Waals surface area contributed by atoms with Crippen molar-refractivity contribution in [1.29, 1.82) is 0 Å². The first-order chi connectivity index (χ1) is 9.00. The molecule has 0 aliphatic carbocycles. The van der Waals surface area contributed by atoms with Gasteiger partial charge >= 0.3 is 6.03 Å². The number of rotatable bonds is 2. The molecule has 3 rings (SSSR count). The molecular weight excluding hydrogens is 246 g/mol. The third-order valence-corrected chi connectivity index (χ3v) is 4.72. The molecule has 2 atom stereocenters. The Morgan fingerprint density at radius 3 is 2.58 bits per heavy atom. The Kier molecular flexibility index (Phi) is 2.59. The van der Waals surface area contributed by atoms with Gasteiger partial charge in [-0.15, -0.1) is 0 Å². The fourth-order valence-corrected chi connectivity index (χ4v) is 3.52. The number of urea groups is 1. The van der Waals surface area contributed by atoms with Crippen molar-refractivity contribution in [3.63, 3.8) is 0 Å². The van der Waals surface area contributed by atoms with Gasteiger partial charge in [-0.25, -0.2) is 9.69 Å². The molecule has 3 saturated heterocycles. The van der Waals surface area contributed by atoms with E-state index in [0.717, 1.165) is 6.42 Å². The highest BCUT2D eigenvalue weighted by Crippen LogP contribution is 2.39.